The Hall–Kier alpha value is -1.55. The van der Waals surface area contributed by atoms with E-state index in [1.807, 2.05) is 7.05 Å². The van der Waals surface area contributed by atoms with Gasteiger partial charge in [-0.3, -0.25) is 0 Å². The molecule has 2 amide bonds. The van der Waals surface area contributed by atoms with Gasteiger partial charge in [0.25, 0.3) is 0 Å². The number of amides is 2. The molecule has 1 N–H and O–H groups in total. The lowest BCUT2D eigenvalue weighted by Gasteiger charge is -2.20. The molecule has 1 aliphatic heterocycles. The molecule has 0 spiro atoms. The van der Waals surface area contributed by atoms with Crippen molar-refractivity contribution in [1.29, 1.82) is 0 Å². The lowest BCUT2D eigenvalue weighted by Crippen LogP contribution is -2.31. The molecule has 0 aromatic heterocycles. The number of benzene rings is 1. The van der Waals surface area contributed by atoms with Gasteiger partial charge in [-0.2, -0.15) is 0 Å². The summed E-state index contributed by atoms with van der Waals surface area (Å²) in [6.45, 7) is 5.22. The first-order valence-corrected chi connectivity index (χ1v) is 6.24. The maximum Gasteiger partial charge on any atom is 0.320 e. The van der Waals surface area contributed by atoms with E-state index in [0.717, 1.165) is 0 Å². The second-order valence-corrected chi connectivity index (χ2v) is 4.94. The van der Waals surface area contributed by atoms with E-state index in [9.17, 15) is 4.79 Å². The van der Waals surface area contributed by atoms with Crippen LogP contribution in [0, 0.1) is 13.8 Å². The Bertz CT molecular complexity index is 459. The molecule has 98 valence electrons. The van der Waals surface area contributed by atoms with Crippen LogP contribution >= 0.6 is 0 Å². The minimum Gasteiger partial charge on any atom is -0.395 e. The van der Waals surface area contributed by atoms with Crippen molar-refractivity contribution in [2.75, 3.05) is 26.7 Å². The van der Waals surface area contributed by atoms with Crippen molar-refractivity contribution in [3.63, 3.8) is 0 Å². The van der Waals surface area contributed by atoms with Gasteiger partial charge in [0.2, 0.25) is 0 Å². The van der Waals surface area contributed by atoms with Gasteiger partial charge in [0.05, 0.1) is 12.6 Å². The number of carbonyl (C=O) groups excluding carboxylic acids is 1. The van der Waals surface area contributed by atoms with Crippen molar-refractivity contribution in [3.05, 3.63) is 34.9 Å². The Labute approximate surface area is 108 Å². The van der Waals surface area contributed by atoms with Crippen LogP contribution in [-0.2, 0) is 0 Å². The number of carbonyl (C=O) groups is 1. The van der Waals surface area contributed by atoms with Crippen LogP contribution in [0.2, 0.25) is 0 Å². The van der Waals surface area contributed by atoms with Gasteiger partial charge in [0, 0.05) is 20.1 Å². The zero-order valence-corrected chi connectivity index (χ0v) is 11.2. The number of aryl methyl sites for hydroxylation is 2. The largest absolute Gasteiger partial charge is 0.395 e. The molecule has 1 unspecified atom stereocenters. The zero-order chi connectivity index (χ0) is 13.3. The van der Waals surface area contributed by atoms with Gasteiger partial charge in [-0.25, -0.2) is 4.79 Å². The Morgan fingerprint density at radius 2 is 2.11 bits per heavy atom. The van der Waals surface area contributed by atoms with E-state index in [2.05, 4.69) is 32.0 Å². The number of likely N-dealkylation sites (N-methyl/N-ethyl adjacent to an activating group) is 1. The molecule has 1 fully saturated rings. The third-order valence-electron chi connectivity index (χ3n) is 3.59. The van der Waals surface area contributed by atoms with E-state index in [4.69, 9.17) is 5.11 Å². The standard InChI is InChI=1S/C14H20N2O2/c1-10-4-5-12(11(2)8-10)13-9-16(6-7-17)14(18)15(13)3/h4-5,8,13,17H,6-7,9H2,1-3H3. The predicted molar refractivity (Wildman–Crippen MR) is 70.5 cm³/mol. The molecule has 1 aromatic rings. The van der Waals surface area contributed by atoms with Gasteiger partial charge in [-0.15, -0.1) is 0 Å². The Balaban J connectivity index is 2.26. The fourth-order valence-electron chi connectivity index (χ4n) is 2.58. The van der Waals surface area contributed by atoms with Crippen molar-refractivity contribution in [3.8, 4) is 0 Å². The summed E-state index contributed by atoms with van der Waals surface area (Å²) < 4.78 is 0. The van der Waals surface area contributed by atoms with Crippen molar-refractivity contribution in [1.82, 2.24) is 9.80 Å². The summed E-state index contributed by atoms with van der Waals surface area (Å²) in [7, 11) is 1.82. The highest BCUT2D eigenvalue weighted by atomic mass is 16.3. The normalized spacial score (nSPS) is 19.8. The Morgan fingerprint density at radius 1 is 1.39 bits per heavy atom. The second kappa shape index (κ2) is 4.98. The summed E-state index contributed by atoms with van der Waals surface area (Å²) in [4.78, 5) is 15.5. The average Bonchev–Trinajstić information content (AvgIpc) is 2.58. The molecule has 2 rings (SSSR count). The summed E-state index contributed by atoms with van der Waals surface area (Å²) in [6.07, 6.45) is 0. The molecule has 1 aliphatic rings. The summed E-state index contributed by atoms with van der Waals surface area (Å²) in [5.74, 6) is 0. The van der Waals surface area contributed by atoms with Crippen LogP contribution in [0.1, 0.15) is 22.7 Å². The molecule has 0 aliphatic carbocycles. The first kappa shape index (κ1) is 12.9. The van der Waals surface area contributed by atoms with E-state index in [0.29, 0.717) is 13.1 Å². The number of hydrogen-bond acceptors (Lipinski definition) is 2. The molecule has 18 heavy (non-hydrogen) atoms. The number of nitrogens with zero attached hydrogens (tertiary/aromatic N) is 2. The zero-order valence-electron chi connectivity index (χ0n) is 11.2. The predicted octanol–water partition coefficient (Wildman–Crippen LogP) is 1.70. The highest BCUT2D eigenvalue weighted by Crippen LogP contribution is 2.30. The number of urea groups is 1. The third-order valence-corrected chi connectivity index (χ3v) is 3.59. The maximum atomic E-state index is 12.0. The summed E-state index contributed by atoms with van der Waals surface area (Å²) >= 11 is 0. The molecule has 4 nitrogen and oxygen atoms in total. The van der Waals surface area contributed by atoms with Crippen LogP contribution in [0.4, 0.5) is 4.79 Å². The molecule has 0 bridgehead atoms. The van der Waals surface area contributed by atoms with Crippen LogP contribution in [0.15, 0.2) is 18.2 Å². The van der Waals surface area contributed by atoms with E-state index in [1.165, 1.54) is 16.7 Å². The number of hydrogen-bond donors (Lipinski definition) is 1. The smallest absolute Gasteiger partial charge is 0.320 e. The number of aliphatic hydroxyl groups excluding tert-OH is 1. The fourth-order valence-corrected chi connectivity index (χ4v) is 2.58. The molecule has 1 aromatic carbocycles. The van der Waals surface area contributed by atoms with Gasteiger partial charge in [-0.05, 0) is 25.0 Å². The first-order chi connectivity index (χ1) is 8.54. The van der Waals surface area contributed by atoms with Gasteiger partial charge in [-0.1, -0.05) is 23.8 Å². The molecule has 1 heterocycles. The Kier molecular flexibility index (Phi) is 3.57. The van der Waals surface area contributed by atoms with E-state index in [1.54, 1.807) is 9.80 Å². The topological polar surface area (TPSA) is 43.8 Å². The second-order valence-electron chi connectivity index (χ2n) is 4.94. The van der Waals surface area contributed by atoms with E-state index in [-0.39, 0.29) is 18.7 Å². The van der Waals surface area contributed by atoms with Crippen LogP contribution in [-0.4, -0.2) is 47.7 Å². The van der Waals surface area contributed by atoms with Crippen molar-refractivity contribution in [2.45, 2.75) is 19.9 Å². The van der Waals surface area contributed by atoms with E-state index < -0.39 is 0 Å². The number of aliphatic hydroxyl groups is 1. The average molecular weight is 248 g/mol. The number of rotatable bonds is 3. The molecular formula is C14H20N2O2. The third kappa shape index (κ3) is 2.20. The van der Waals surface area contributed by atoms with Crippen molar-refractivity contribution in [2.24, 2.45) is 0 Å². The van der Waals surface area contributed by atoms with Gasteiger partial charge in [0.1, 0.15) is 0 Å². The van der Waals surface area contributed by atoms with Crippen LogP contribution in [0.25, 0.3) is 0 Å². The maximum absolute atomic E-state index is 12.0. The monoisotopic (exact) mass is 248 g/mol. The fraction of sp³-hybridized carbons (Fsp3) is 0.500. The molecule has 1 saturated heterocycles. The summed E-state index contributed by atoms with van der Waals surface area (Å²) in [5.41, 5.74) is 3.64. The molecule has 1 atom stereocenters. The van der Waals surface area contributed by atoms with Crippen molar-refractivity contribution >= 4 is 6.03 Å². The number of β-amino-alcohol motifs (C(OH)–C–C–N with tert-alkyl or cyclic N) is 1. The lowest BCUT2D eigenvalue weighted by molar-refractivity contribution is 0.182. The van der Waals surface area contributed by atoms with Gasteiger partial charge in [0.15, 0.2) is 0 Å². The minimum absolute atomic E-state index is 0.00553. The van der Waals surface area contributed by atoms with Gasteiger partial charge >= 0.3 is 6.03 Å². The minimum atomic E-state index is -0.00553. The van der Waals surface area contributed by atoms with Crippen LogP contribution in [0.5, 0.6) is 0 Å². The SMILES string of the molecule is Cc1ccc(C2CN(CCO)C(=O)N2C)c(C)c1. The van der Waals surface area contributed by atoms with Crippen molar-refractivity contribution < 1.29 is 9.90 Å². The Morgan fingerprint density at radius 3 is 2.72 bits per heavy atom. The highest BCUT2D eigenvalue weighted by molar-refractivity contribution is 5.77. The molecule has 4 heteroatoms. The molecule has 0 saturated carbocycles. The molecule has 0 radical (unpaired) electrons. The lowest BCUT2D eigenvalue weighted by atomic mass is 9.99. The van der Waals surface area contributed by atoms with Crippen LogP contribution < -0.4 is 0 Å². The quantitative estimate of drug-likeness (QED) is 0.885. The summed E-state index contributed by atoms with van der Waals surface area (Å²) in [5, 5.41) is 8.97. The van der Waals surface area contributed by atoms with Crippen LogP contribution in [0.3, 0.4) is 0 Å². The van der Waals surface area contributed by atoms with E-state index >= 15 is 0 Å². The van der Waals surface area contributed by atoms with Gasteiger partial charge < -0.3 is 14.9 Å². The molecular weight excluding hydrogens is 228 g/mol. The summed E-state index contributed by atoms with van der Waals surface area (Å²) in [6, 6.07) is 6.40. The highest BCUT2D eigenvalue weighted by Gasteiger charge is 2.35. The first-order valence-electron chi connectivity index (χ1n) is 6.24.